The molecule has 168 valence electrons. The Labute approximate surface area is 185 Å². The SMILES string of the molecule is O=C(Nc1cc(-c2ccccc2)nn1-c1ccccc1)c1cc(C(F)F)cc(C(F)(F)F)c1. The third-order valence-electron chi connectivity index (χ3n) is 4.82. The fourth-order valence-electron chi connectivity index (χ4n) is 3.25. The Balaban J connectivity index is 1.75. The number of aromatic nitrogens is 2. The highest BCUT2D eigenvalue weighted by atomic mass is 19.4. The molecule has 0 aliphatic carbocycles. The standard InChI is InChI=1S/C24H16F5N3O/c25-22(26)16-11-17(13-18(12-16)24(27,28)29)23(33)30-21-14-20(15-7-3-1-4-8-15)31-32(21)19-9-5-2-6-10-19/h1-14,22H,(H,30,33). The number of halogens is 5. The molecule has 33 heavy (non-hydrogen) atoms. The van der Waals surface area contributed by atoms with E-state index in [0.717, 1.165) is 11.6 Å². The number of nitrogens with zero attached hydrogens (tertiary/aromatic N) is 2. The van der Waals surface area contributed by atoms with Gasteiger partial charge >= 0.3 is 6.18 Å². The van der Waals surface area contributed by atoms with Crippen LogP contribution in [-0.2, 0) is 6.18 Å². The van der Waals surface area contributed by atoms with Crippen molar-refractivity contribution in [3.8, 4) is 16.9 Å². The van der Waals surface area contributed by atoms with E-state index in [4.69, 9.17) is 0 Å². The summed E-state index contributed by atoms with van der Waals surface area (Å²) in [5, 5.41) is 7.01. The van der Waals surface area contributed by atoms with Crippen molar-refractivity contribution >= 4 is 11.7 Å². The molecule has 4 nitrogen and oxygen atoms in total. The minimum atomic E-state index is -4.88. The summed E-state index contributed by atoms with van der Waals surface area (Å²) < 4.78 is 67.3. The minimum Gasteiger partial charge on any atom is -0.306 e. The van der Waals surface area contributed by atoms with Crippen LogP contribution in [0.5, 0.6) is 0 Å². The van der Waals surface area contributed by atoms with Gasteiger partial charge in [-0.15, -0.1) is 0 Å². The van der Waals surface area contributed by atoms with Crippen LogP contribution in [0.4, 0.5) is 27.8 Å². The van der Waals surface area contributed by atoms with Crippen molar-refractivity contribution < 1.29 is 26.7 Å². The molecule has 1 N–H and O–H groups in total. The number of alkyl halides is 5. The molecule has 1 aromatic heterocycles. The van der Waals surface area contributed by atoms with Crippen LogP contribution < -0.4 is 5.32 Å². The lowest BCUT2D eigenvalue weighted by Crippen LogP contribution is -2.17. The van der Waals surface area contributed by atoms with Crippen LogP contribution in [0.2, 0.25) is 0 Å². The van der Waals surface area contributed by atoms with E-state index in [-0.39, 0.29) is 5.82 Å². The van der Waals surface area contributed by atoms with Crippen LogP contribution >= 0.6 is 0 Å². The molecule has 4 rings (SSSR count). The molecule has 1 heterocycles. The van der Waals surface area contributed by atoms with Crippen LogP contribution in [0.15, 0.2) is 84.9 Å². The second-order valence-electron chi connectivity index (χ2n) is 7.12. The third kappa shape index (κ3) is 4.92. The second-order valence-corrected chi connectivity index (χ2v) is 7.12. The van der Waals surface area contributed by atoms with Gasteiger partial charge in [0.1, 0.15) is 5.82 Å². The first-order valence-electron chi connectivity index (χ1n) is 9.75. The molecule has 0 unspecified atom stereocenters. The van der Waals surface area contributed by atoms with Crippen LogP contribution in [0.3, 0.4) is 0 Å². The number of nitrogens with one attached hydrogen (secondary N) is 1. The predicted molar refractivity (Wildman–Crippen MR) is 113 cm³/mol. The van der Waals surface area contributed by atoms with Gasteiger partial charge < -0.3 is 5.32 Å². The Kier molecular flexibility index (Phi) is 5.95. The highest BCUT2D eigenvalue weighted by Crippen LogP contribution is 2.33. The molecule has 3 aromatic carbocycles. The lowest BCUT2D eigenvalue weighted by Gasteiger charge is -2.13. The molecule has 1 amide bonds. The summed E-state index contributed by atoms with van der Waals surface area (Å²) in [7, 11) is 0. The van der Waals surface area contributed by atoms with Gasteiger partial charge in [0.05, 0.1) is 16.9 Å². The van der Waals surface area contributed by atoms with E-state index in [9.17, 15) is 26.7 Å². The molecule has 0 saturated carbocycles. The lowest BCUT2D eigenvalue weighted by molar-refractivity contribution is -0.137. The van der Waals surface area contributed by atoms with E-state index in [1.807, 2.05) is 30.3 Å². The first kappa shape index (κ1) is 22.2. The van der Waals surface area contributed by atoms with Gasteiger partial charge in [-0.3, -0.25) is 4.79 Å². The fourth-order valence-corrected chi connectivity index (χ4v) is 3.25. The van der Waals surface area contributed by atoms with Gasteiger partial charge in [0.15, 0.2) is 0 Å². The molecule has 9 heteroatoms. The largest absolute Gasteiger partial charge is 0.416 e. The Morgan fingerprint density at radius 1 is 0.879 bits per heavy atom. The second kappa shape index (κ2) is 8.85. The van der Waals surface area contributed by atoms with Gasteiger partial charge in [0, 0.05) is 22.8 Å². The summed E-state index contributed by atoms with van der Waals surface area (Å²) in [6.07, 6.45) is -8.05. The Morgan fingerprint density at radius 3 is 2.12 bits per heavy atom. The van der Waals surface area contributed by atoms with E-state index in [1.165, 1.54) is 4.68 Å². The van der Waals surface area contributed by atoms with Gasteiger partial charge in [0.2, 0.25) is 0 Å². The molecule has 0 saturated heterocycles. The number of carbonyl (C=O) groups is 1. The van der Waals surface area contributed by atoms with Gasteiger partial charge in [0.25, 0.3) is 12.3 Å². The highest BCUT2D eigenvalue weighted by Gasteiger charge is 2.32. The van der Waals surface area contributed by atoms with Crippen LogP contribution in [0, 0.1) is 0 Å². The maximum absolute atomic E-state index is 13.2. The van der Waals surface area contributed by atoms with Crippen molar-refractivity contribution in [2.45, 2.75) is 12.6 Å². The molecule has 0 aliphatic heterocycles. The van der Waals surface area contributed by atoms with E-state index >= 15 is 0 Å². The number of amides is 1. The molecule has 0 fully saturated rings. The van der Waals surface area contributed by atoms with Crippen LogP contribution in [0.1, 0.15) is 27.9 Å². The quantitative estimate of drug-likeness (QED) is 0.337. The zero-order valence-corrected chi connectivity index (χ0v) is 16.9. The first-order valence-corrected chi connectivity index (χ1v) is 9.75. The van der Waals surface area contributed by atoms with Crippen molar-refractivity contribution in [1.29, 1.82) is 0 Å². The normalized spacial score (nSPS) is 11.6. The number of carbonyl (C=O) groups excluding carboxylic acids is 1. The Morgan fingerprint density at radius 2 is 1.52 bits per heavy atom. The van der Waals surface area contributed by atoms with Gasteiger partial charge in [-0.25, -0.2) is 13.5 Å². The average Bonchev–Trinajstić information content (AvgIpc) is 3.23. The number of rotatable bonds is 5. The molecule has 0 radical (unpaired) electrons. The minimum absolute atomic E-state index is 0.168. The van der Waals surface area contributed by atoms with E-state index in [0.29, 0.717) is 23.5 Å². The maximum Gasteiger partial charge on any atom is 0.416 e. The Hall–Kier alpha value is -4.01. The highest BCUT2D eigenvalue weighted by molar-refractivity contribution is 6.04. The first-order chi connectivity index (χ1) is 15.7. The summed E-state index contributed by atoms with van der Waals surface area (Å²) in [4.78, 5) is 12.8. The maximum atomic E-state index is 13.2. The van der Waals surface area contributed by atoms with E-state index < -0.39 is 35.2 Å². The molecular weight excluding hydrogens is 441 g/mol. The molecule has 0 bridgehead atoms. The van der Waals surface area contributed by atoms with Crippen molar-refractivity contribution in [2.75, 3.05) is 5.32 Å². The number of hydrogen-bond donors (Lipinski definition) is 1. The molecule has 0 spiro atoms. The van der Waals surface area contributed by atoms with Gasteiger partial charge in [-0.05, 0) is 30.3 Å². The van der Waals surface area contributed by atoms with Crippen molar-refractivity contribution in [1.82, 2.24) is 9.78 Å². The average molecular weight is 457 g/mol. The van der Waals surface area contributed by atoms with Crippen LogP contribution in [-0.4, -0.2) is 15.7 Å². The topological polar surface area (TPSA) is 46.9 Å². The monoisotopic (exact) mass is 457 g/mol. The van der Waals surface area contributed by atoms with Crippen molar-refractivity contribution in [3.63, 3.8) is 0 Å². The summed E-state index contributed by atoms with van der Waals surface area (Å²) >= 11 is 0. The van der Waals surface area contributed by atoms with Crippen LogP contribution in [0.25, 0.3) is 16.9 Å². The predicted octanol–water partition coefficient (Wildman–Crippen LogP) is 6.75. The molecule has 4 aromatic rings. The van der Waals surface area contributed by atoms with Gasteiger partial charge in [-0.2, -0.15) is 18.3 Å². The van der Waals surface area contributed by atoms with Crippen molar-refractivity contribution in [2.24, 2.45) is 0 Å². The number of anilines is 1. The summed E-state index contributed by atoms with van der Waals surface area (Å²) in [6, 6.07) is 21.0. The van der Waals surface area contributed by atoms with Crippen molar-refractivity contribution in [3.05, 3.63) is 102 Å². The third-order valence-corrected chi connectivity index (χ3v) is 4.82. The smallest absolute Gasteiger partial charge is 0.306 e. The number of para-hydroxylation sites is 1. The van der Waals surface area contributed by atoms with E-state index in [1.54, 1.807) is 36.4 Å². The number of hydrogen-bond acceptors (Lipinski definition) is 2. The Bertz CT molecular complexity index is 1270. The zero-order valence-electron chi connectivity index (χ0n) is 16.9. The fraction of sp³-hybridized carbons (Fsp3) is 0.0833. The molecule has 0 aliphatic rings. The van der Waals surface area contributed by atoms with E-state index in [2.05, 4.69) is 10.4 Å². The summed E-state index contributed by atoms with van der Waals surface area (Å²) in [5.74, 6) is -0.805. The zero-order chi connectivity index (χ0) is 23.6. The summed E-state index contributed by atoms with van der Waals surface area (Å²) in [5.41, 5.74) is -0.910. The number of benzene rings is 3. The van der Waals surface area contributed by atoms with Gasteiger partial charge in [-0.1, -0.05) is 48.5 Å². The lowest BCUT2D eigenvalue weighted by atomic mass is 10.0. The molecular formula is C24H16F5N3O. The summed E-state index contributed by atoms with van der Waals surface area (Å²) in [6.45, 7) is 0. The molecule has 0 atom stereocenters.